The summed E-state index contributed by atoms with van der Waals surface area (Å²) in [5.74, 6) is 0.589. The Morgan fingerprint density at radius 1 is 1.33 bits per heavy atom. The molecule has 18 heavy (non-hydrogen) atoms. The van der Waals surface area contributed by atoms with E-state index in [1.54, 1.807) is 17.5 Å². The molecule has 2 rings (SSSR count). The number of hydrogen-bond donors (Lipinski definition) is 2. The van der Waals surface area contributed by atoms with Gasteiger partial charge in [0.1, 0.15) is 5.01 Å². The molecule has 2 atom stereocenters. The second-order valence-electron chi connectivity index (χ2n) is 3.96. The van der Waals surface area contributed by atoms with E-state index >= 15 is 0 Å². The molecule has 0 amide bonds. The van der Waals surface area contributed by atoms with E-state index in [-0.39, 0.29) is 12.1 Å². The summed E-state index contributed by atoms with van der Waals surface area (Å²) in [6.07, 6.45) is 1.78. The van der Waals surface area contributed by atoms with Crippen molar-refractivity contribution in [1.82, 2.24) is 20.5 Å². The Hall–Kier alpha value is -1.47. The van der Waals surface area contributed by atoms with Crippen LogP contribution >= 0.6 is 11.3 Å². The molecule has 0 fully saturated rings. The van der Waals surface area contributed by atoms with Crippen LogP contribution in [0.3, 0.4) is 0 Å². The van der Waals surface area contributed by atoms with Crippen molar-refractivity contribution in [1.29, 1.82) is 0 Å². The lowest BCUT2D eigenvalue weighted by Gasteiger charge is -2.08. The van der Waals surface area contributed by atoms with Gasteiger partial charge in [0.25, 0.3) is 0 Å². The van der Waals surface area contributed by atoms with Crippen LogP contribution in [-0.2, 0) is 0 Å². The monoisotopic (exact) mass is 267 g/mol. The van der Waals surface area contributed by atoms with Gasteiger partial charge in [-0.05, 0) is 20.4 Å². The summed E-state index contributed by atoms with van der Waals surface area (Å²) in [6.45, 7) is 6.90. The van der Waals surface area contributed by atoms with Crippen molar-refractivity contribution >= 4 is 17.4 Å². The molecule has 6 nitrogen and oxygen atoms in total. The summed E-state index contributed by atoms with van der Waals surface area (Å²) >= 11 is 1.60. The number of nitrogens with zero attached hydrogens (tertiary/aromatic N) is 3. The van der Waals surface area contributed by atoms with E-state index in [9.17, 15) is 0 Å². The molecule has 0 aromatic carbocycles. The van der Waals surface area contributed by atoms with Gasteiger partial charge in [0.2, 0.25) is 5.89 Å². The maximum atomic E-state index is 5.55. The van der Waals surface area contributed by atoms with Crippen LogP contribution in [0, 0.1) is 0 Å². The molecule has 0 spiro atoms. The Labute approximate surface area is 110 Å². The van der Waals surface area contributed by atoms with E-state index in [1.165, 1.54) is 0 Å². The molecule has 0 saturated heterocycles. The van der Waals surface area contributed by atoms with Crippen molar-refractivity contribution < 1.29 is 4.42 Å². The fraction of sp³-hybridized carbons (Fsp3) is 0.545. The molecule has 0 aliphatic carbocycles. The van der Waals surface area contributed by atoms with E-state index in [0.29, 0.717) is 11.9 Å². The minimum Gasteiger partial charge on any atom is -0.406 e. The molecule has 0 aliphatic heterocycles. The minimum atomic E-state index is 0.0627. The summed E-state index contributed by atoms with van der Waals surface area (Å²) in [7, 11) is 0. The van der Waals surface area contributed by atoms with E-state index in [4.69, 9.17) is 4.42 Å². The Kier molecular flexibility index (Phi) is 4.27. The van der Waals surface area contributed by atoms with Gasteiger partial charge in [-0.1, -0.05) is 12.0 Å². The molecule has 0 saturated carbocycles. The first-order chi connectivity index (χ1) is 8.70. The number of rotatable bonds is 6. The molecule has 98 valence electrons. The maximum absolute atomic E-state index is 5.55. The first kappa shape index (κ1) is 13.0. The first-order valence-corrected chi connectivity index (χ1v) is 6.81. The fourth-order valence-corrected chi connectivity index (χ4v) is 2.20. The highest BCUT2D eigenvalue weighted by Crippen LogP contribution is 2.21. The van der Waals surface area contributed by atoms with E-state index in [2.05, 4.69) is 25.8 Å². The summed E-state index contributed by atoms with van der Waals surface area (Å²) in [5.41, 5.74) is 0. The third-order valence-corrected chi connectivity index (χ3v) is 3.44. The van der Waals surface area contributed by atoms with Gasteiger partial charge in [0.05, 0.1) is 12.1 Å². The van der Waals surface area contributed by atoms with Crippen LogP contribution in [0.1, 0.15) is 43.8 Å². The van der Waals surface area contributed by atoms with Gasteiger partial charge in [0, 0.05) is 11.6 Å². The number of aromatic nitrogens is 3. The van der Waals surface area contributed by atoms with Crippen LogP contribution < -0.4 is 10.6 Å². The average Bonchev–Trinajstić information content (AvgIpc) is 2.99. The lowest BCUT2D eigenvalue weighted by molar-refractivity contribution is 0.427. The van der Waals surface area contributed by atoms with E-state index < -0.39 is 0 Å². The standard InChI is InChI=1S/C11H17N5OS/c1-4-12-7(2)9-15-16-11(17-9)14-8(3)10-13-5-6-18-10/h5-8,12H,4H2,1-3H3,(H,14,16). The molecular weight excluding hydrogens is 250 g/mol. The normalized spacial score (nSPS) is 14.4. The maximum Gasteiger partial charge on any atom is 0.316 e. The molecule has 2 N–H and O–H groups in total. The summed E-state index contributed by atoms with van der Waals surface area (Å²) in [6, 6.07) is 0.554. The van der Waals surface area contributed by atoms with Gasteiger partial charge in [0.15, 0.2) is 0 Å². The van der Waals surface area contributed by atoms with Gasteiger partial charge in [-0.3, -0.25) is 0 Å². The molecule has 0 radical (unpaired) electrons. The minimum absolute atomic E-state index is 0.0627. The molecule has 0 bridgehead atoms. The van der Waals surface area contributed by atoms with Gasteiger partial charge < -0.3 is 15.1 Å². The predicted molar refractivity (Wildman–Crippen MR) is 70.5 cm³/mol. The van der Waals surface area contributed by atoms with Crippen LogP contribution in [-0.4, -0.2) is 21.7 Å². The molecule has 2 heterocycles. The highest BCUT2D eigenvalue weighted by Gasteiger charge is 2.15. The van der Waals surface area contributed by atoms with Crippen molar-refractivity contribution in [2.24, 2.45) is 0 Å². The first-order valence-electron chi connectivity index (χ1n) is 5.93. The number of nitrogens with one attached hydrogen (secondary N) is 2. The van der Waals surface area contributed by atoms with Crippen molar-refractivity contribution in [3.8, 4) is 0 Å². The molecule has 0 aliphatic rings. The smallest absolute Gasteiger partial charge is 0.316 e. The largest absolute Gasteiger partial charge is 0.406 e. The molecule has 2 aromatic heterocycles. The van der Waals surface area contributed by atoms with Crippen molar-refractivity contribution in [2.75, 3.05) is 11.9 Å². The van der Waals surface area contributed by atoms with Gasteiger partial charge in [-0.25, -0.2) is 4.98 Å². The average molecular weight is 267 g/mol. The van der Waals surface area contributed by atoms with Gasteiger partial charge in [-0.2, -0.15) is 0 Å². The summed E-state index contributed by atoms with van der Waals surface area (Å²) in [4.78, 5) is 4.24. The Morgan fingerprint density at radius 3 is 2.83 bits per heavy atom. The van der Waals surface area contributed by atoms with Crippen molar-refractivity contribution in [3.63, 3.8) is 0 Å². The fourth-order valence-electron chi connectivity index (χ4n) is 1.56. The highest BCUT2D eigenvalue weighted by molar-refractivity contribution is 7.09. The zero-order valence-electron chi connectivity index (χ0n) is 10.7. The lowest BCUT2D eigenvalue weighted by Crippen LogP contribution is -2.17. The van der Waals surface area contributed by atoms with Crippen LogP contribution in [0.15, 0.2) is 16.0 Å². The molecule has 2 unspecified atom stereocenters. The lowest BCUT2D eigenvalue weighted by atomic mass is 10.3. The topological polar surface area (TPSA) is 75.9 Å². The summed E-state index contributed by atoms with van der Waals surface area (Å²) < 4.78 is 5.55. The molecular formula is C11H17N5OS. The predicted octanol–water partition coefficient (Wildman–Crippen LogP) is 2.37. The summed E-state index contributed by atoms with van der Waals surface area (Å²) in [5, 5.41) is 17.3. The van der Waals surface area contributed by atoms with Crippen LogP contribution in [0.25, 0.3) is 0 Å². The molecule has 2 aromatic rings. The number of hydrogen-bond acceptors (Lipinski definition) is 7. The van der Waals surface area contributed by atoms with E-state index in [0.717, 1.165) is 11.6 Å². The third kappa shape index (κ3) is 3.05. The van der Waals surface area contributed by atoms with Crippen LogP contribution in [0.5, 0.6) is 0 Å². The van der Waals surface area contributed by atoms with Crippen molar-refractivity contribution in [3.05, 3.63) is 22.5 Å². The van der Waals surface area contributed by atoms with Crippen LogP contribution in [0.2, 0.25) is 0 Å². The van der Waals surface area contributed by atoms with Gasteiger partial charge in [-0.15, -0.1) is 16.4 Å². The number of anilines is 1. The second kappa shape index (κ2) is 5.92. The van der Waals surface area contributed by atoms with E-state index in [1.807, 2.05) is 26.2 Å². The number of thiazole rings is 1. The highest BCUT2D eigenvalue weighted by atomic mass is 32.1. The van der Waals surface area contributed by atoms with Gasteiger partial charge >= 0.3 is 6.01 Å². The SMILES string of the molecule is CCNC(C)c1nnc(NC(C)c2nccs2)o1. The van der Waals surface area contributed by atoms with Crippen LogP contribution in [0.4, 0.5) is 6.01 Å². The molecule has 7 heteroatoms. The second-order valence-corrected chi connectivity index (χ2v) is 4.89. The zero-order valence-corrected chi connectivity index (χ0v) is 11.5. The Bertz CT molecular complexity index is 469. The van der Waals surface area contributed by atoms with Crippen molar-refractivity contribution in [2.45, 2.75) is 32.9 Å². The Balaban J connectivity index is 1.98. The quantitative estimate of drug-likeness (QED) is 0.837. The zero-order chi connectivity index (χ0) is 13.0. The Morgan fingerprint density at radius 2 is 2.17 bits per heavy atom. The third-order valence-electron chi connectivity index (χ3n) is 2.48.